The summed E-state index contributed by atoms with van der Waals surface area (Å²) in [5.41, 5.74) is 3.10. The molecule has 0 spiro atoms. The van der Waals surface area contributed by atoms with Crippen LogP contribution in [-0.4, -0.2) is 82.4 Å². The number of amides is 1. The molecule has 2 aliphatic heterocycles. The van der Waals surface area contributed by atoms with Crippen molar-refractivity contribution in [2.45, 2.75) is 0 Å². The molecule has 35 heavy (non-hydrogen) atoms. The van der Waals surface area contributed by atoms with E-state index in [0.717, 1.165) is 45.0 Å². The van der Waals surface area contributed by atoms with Gasteiger partial charge < -0.3 is 29.5 Å². The minimum atomic E-state index is -0.358. The number of morpholine rings is 1. The maximum Gasteiger partial charge on any atom is 0.274 e. The van der Waals surface area contributed by atoms with Gasteiger partial charge >= 0.3 is 0 Å². The van der Waals surface area contributed by atoms with Crippen molar-refractivity contribution in [3.63, 3.8) is 0 Å². The Kier molecular flexibility index (Phi) is 6.70. The lowest BCUT2D eigenvalue weighted by atomic mass is 10.1. The number of nitrogens with zero attached hydrogens (tertiary/aromatic N) is 4. The second kappa shape index (κ2) is 10.1. The number of hydrogen-bond acceptors (Lipinski definition) is 7. The van der Waals surface area contributed by atoms with Gasteiger partial charge in [0.1, 0.15) is 17.3 Å². The Labute approximate surface area is 204 Å². The number of carbonyl (C=O) groups is 1. The third-order valence-corrected chi connectivity index (χ3v) is 6.62. The minimum absolute atomic E-state index is 0.216. The number of likely N-dealkylation sites (N-methyl/N-ethyl adjacent to an activating group) is 1. The van der Waals surface area contributed by atoms with Gasteiger partial charge in [0.25, 0.3) is 5.91 Å². The zero-order valence-electron chi connectivity index (χ0n) is 20.1. The van der Waals surface area contributed by atoms with E-state index < -0.39 is 0 Å². The number of carbonyl (C=O) groups excluding carboxylic acids is 1. The molecule has 8 nitrogen and oxygen atoms in total. The third kappa shape index (κ3) is 4.87. The van der Waals surface area contributed by atoms with Crippen molar-refractivity contribution < 1.29 is 18.7 Å². The van der Waals surface area contributed by atoms with E-state index in [4.69, 9.17) is 14.5 Å². The van der Waals surface area contributed by atoms with Gasteiger partial charge in [-0.15, -0.1) is 0 Å². The molecule has 1 N–H and O–H groups in total. The number of halogens is 1. The molecule has 2 aromatic carbocycles. The van der Waals surface area contributed by atoms with Gasteiger partial charge in [0.15, 0.2) is 0 Å². The van der Waals surface area contributed by atoms with Gasteiger partial charge in [0.2, 0.25) is 0 Å². The van der Waals surface area contributed by atoms with Crippen LogP contribution in [0.1, 0.15) is 10.5 Å². The Hall–Kier alpha value is -3.43. The van der Waals surface area contributed by atoms with Gasteiger partial charge in [-0.05, 0) is 31.3 Å². The number of hydrogen-bond donors (Lipinski definition) is 1. The molecule has 0 saturated carbocycles. The summed E-state index contributed by atoms with van der Waals surface area (Å²) in [6.45, 7) is 6.06. The highest BCUT2D eigenvalue weighted by atomic mass is 19.1. The lowest BCUT2D eigenvalue weighted by molar-refractivity contribution is 0.102. The van der Waals surface area contributed by atoms with E-state index in [2.05, 4.69) is 27.1 Å². The van der Waals surface area contributed by atoms with E-state index in [-0.39, 0.29) is 17.4 Å². The maximum absolute atomic E-state index is 14.6. The van der Waals surface area contributed by atoms with E-state index in [9.17, 15) is 9.18 Å². The minimum Gasteiger partial charge on any atom is -0.496 e. The van der Waals surface area contributed by atoms with Crippen LogP contribution in [0.4, 0.5) is 21.5 Å². The number of methoxy groups -OCH3 is 1. The number of fused-ring (bicyclic) bond motifs is 1. The first kappa shape index (κ1) is 23.3. The zero-order chi connectivity index (χ0) is 24.4. The summed E-state index contributed by atoms with van der Waals surface area (Å²) < 4.78 is 25.6. The predicted molar refractivity (Wildman–Crippen MR) is 135 cm³/mol. The first-order valence-corrected chi connectivity index (χ1v) is 11.9. The monoisotopic (exact) mass is 479 g/mol. The number of pyridine rings is 1. The molecule has 184 valence electrons. The van der Waals surface area contributed by atoms with E-state index in [1.807, 2.05) is 24.3 Å². The van der Waals surface area contributed by atoms with Crippen LogP contribution >= 0.6 is 0 Å². The highest BCUT2D eigenvalue weighted by molar-refractivity contribution is 6.07. The van der Waals surface area contributed by atoms with Crippen LogP contribution in [0.5, 0.6) is 5.75 Å². The highest BCUT2D eigenvalue weighted by Crippen LogP contribution is 2.34. The average Bonchev–Trinajstić information content (AvgIpc) is 2.89. The second-order valence-corrected chi connectivity index (χ2v) is 8.89. The molecule has 9 heteroatoms. The number of rotatable bonds is 5. The van der Waals surface area contributed by atoms with Crippen LogP contribution in [0.3, 0.4) is 0 Å². The zero-order valence-corrected chi connectivity index (χ0v) is 20.1. The van der Waals surface area contributed by atoms with Gasteiger partial charge in [-0.2, -0.15) is 0 Å². The van der Waals surface area contributed by atoms with Crippen LogP contribution in [0.15, 0.2) is 42.5 Å². The molecule has 2 aliphatic rings. The largest absolute Gasteiger partial charge is 0.496 e. The van der Waals surface area contributed by atoms with Crippen molar-refractivity contribution in [3.05, 3.63) is 54.0 Å². The highest BCUT2D eigenvalue weighted by Gasteiger charge is 2.23. The molecule has 5 rings (SSSR count). The number of para-hydroxylation sites is 2. The first-order valence-electron chi connectivity index (χ1n) is 11.9. The van der Waals surface area contributed by atoms with Gasteiger partial charge in [-0.25, -0.2) is 9.37 Å². The average molecular weight is 480 g/mol. The molecular weight excluding hydrogens is 449 g/mol. The van der Waals surface area contributed by atoms with Crippen molar-refractivity contribution in [1.82, 2.24) is 9.88 Å². The molecule has 3 heterocycles. The van der Waals surface area contributed by atoms with Crippen LogP contribution < -0.4 is 19.9 Å². The number of benzene rings is 2. The van der Waals surface area contributed by atoms with Crippen LogP contribution in [0.25, 0.3) is 10.9 Å². The number of piperazine rings is 1. The molecule has 1 aromatic heterocycles. The Balaban J connectivity index is 1.51. The fourth-order valence-corrected chi connectivity index (χ4v) is 4.66. The lowest BCUT2D eigenvalue weighted by Crippen LogP contribution is -2.44. The summed E-state index contributed by atoms with van der Waals surface area (Å²) in [5, 5.41) is 3.57. The smallest absolute Gasteiger partial charge is 0.274 e. The summed E-state index contributed by atoms with van der Waals surface area (Å²) in [6, 6.07) is 12.2. The molecule has 0 aliphatic carbocycles. The third-order valence-electron chi connectivity index (χ3n) is 6.62. The Morgan fingerprint density at radius 1 is 1.00 bits per heavy atom. The molecule has 3 aromatic rings. The number of ether oxygens (including phenoxy) is 2. The summed E-state index contributed by atoms with van der Waals surface area (Å²) >= 11 is 0. The Morgan fingerprint density at radius 2 is 1.71 bits per heavy atom. The van der Waals surface area contributed by atoms with Crippen LogP contribution in [-0.2, 0) is 4.74 Å². The molecule has 0 bridgehead atoms. The van der Waals surface area contributed by atoms with Crippen LogP contribution in [0, 0.1) is 5.82 Å². The van der Waals surface area contributed by atoms with Gasteiger partial charge in [-0.3, -0.25) is 4.79 Å². The molecule has 0 atom stereocenters. The topological polar surface area (TPSA) is 70.2 Å². The van der Waals surface area contributed by atoms with Gasteiger partial charge in [0, 0.05) is 50.7 Å². The van der Waals surface area contributed by atoms with E-state index in [1.165, 1.54) is 19.2 Å². The second-order valence-electron chi connectivity index (χ2n) is 8.89. The Bertz CT molecular complexity index is 1220. The lowest BCUT2D eigenvalue weighted by Gasteiger charge is -2.34. The normalized spacial score (nSPS) is 17.0. The van der Waals surface area contributed by atoms with Gasteiger partial charge in [0.05, 0.1) is 42.9 Å². The van der Waals surface area contributed by atoms with Gasteiger partial charge in [-0.1, -0.05) is 12.1 Å². The molecule has 2 fully saturated rings. The van der Waals surface area contributed by atoms with E-state index >= 15 is 0 Å². The number of nitrogens with one attached hydrogen (secondary N) is 1. The SMILES string of the molecule is COc1cc(C(=O)Nc2ccccc2N2CCOCC2)nc2c(N3CCN(C)CC3)cc(F)cc12. The van der Waals surface area contributed by atoms with Crippen molar-refractivity contribution in [2.75, 3.05) is 81.8 Å². The van der Waals surface area contributed by atoms with Crippen molar-refractivity contribution in [3.8, 4) is 5.75 Å². The maximum atomic E-state index is 14.6. The van der Waals surface area contributed by atoms with Crippen LogP contribution in [0.2, 0.25) is 0 Å². The summed E-state index contributed by atoms with van der Waals surface area (Å²) in [7, 11) is 3.59. The summed E-state index contributed by atoms with van der Waals surface area (Å²) in [6.07, 6.45) is 0. The molecular formula is C26H30FN5O3. The fraction of sp³-hybridized carbons (Fsp3) is 0.385. The predicted octanol–water partition coefficient (Wildman–Crippen LogP) is 3.22. The van der Waals surface area contributed by atoms with E-state index in [0.29, 0.717) is 41.2 Å². The molecule has 2 saturated heterocycles. The quantitative estimate of drug-likeness (QED) is 0.603. The van der Waals surface area contributed by atoms with Crippen molar-refractivity contribution >= 4 is 33.9 Å². The fourth-order valence-electron chi connectivity index (χ4n) is 4.66. The standard InChI is InChI=1S/C26H30FN5O3/c1-30-7-9-31(10-8-30)23-16-18(27)15-19-24(34-2)17-21(28-25(19)23)26(33)29-20-5-3-4-6-22(20)32-11-13-35-14-12-32/h3-6,15-17H,7-14H2,1-2H3,(H,29,33). The number of anilines is 3. The molecule has 0 unspecified atom stereocenters. The van der Waals surface area contributed by atoms with Crippen molar-refractivity contribution in [2.24, 2.45) is 0 Å². The van der Waals surface area contributed by atoms with Crippen molar-refractivity contribution in [1.29, 1.82) is 0 Å². The number of aromatic nitrogens is 1. The molecule has 1 amide bonds. The Morgan fingerprint density at radius 3 is 2.46 bits per heavy atom. The van der Waals surface area contributed by atoms with E-state index in [1.54, 1.807) is 6.07 Å². The molecule has 0 radical (unpaired) electrons. The first-order chi connectivity index (χ1) is 17.0. The summed E-state index contributed by atoms with van der Waals surface area (Å²) in [4.78, 5) is 24.6. The summed E-state index contributed by atoms with van der Waals surface area (Å²) in [5.74, 6) is -0.292.